The second-order valence-electron chi connectivity index (χ2n) is 5.87. The van der Waals surface area contributed by atoms with Crippen LogP contribution >= 0.6 is 12.2 Å². The average molecular weight is 309 g/mol. The van der Waals surface area contributed by atoms with Gasteiger partial charge in [0.25, 0.3) is 0 Å². The molecule has 1 fully saturated rings. The number of amides is 1. The lowest BCUT2D eigenvalue weighted by Crippen LogP contribution is -2.61. The Kier molecular flexibility index (Phi) is 4.30. The predicted octanol–water partition coefficient (Wildman–Crippen LogP) is 1.51. The van der Waals surface area contributed by atoms with Crippen molar-refractivity contribution in [1.82, 2.24) is 9.80 Å². The molecule has 21 heavy (non-hydrogen) atoms. The number of carbonyl (C=O) groups is 1. The van der Waals surface area contributed by atoms with Crippen LogP contribution in [0.2, 0.25) is 0 Å². The third kappa shape index (κ3) is 3.06. The Bertz CT molecular complexity index is 588. The van der Waals surface area contributed by atoms with Crippen molar-refractivity contribution in [1.29, 1.82) is 0 Å². The quantitative estimate of drug-likeness (QED) is 0.860. The Morgan fingerprint density at radius 3 is 2.71 bits per heavy atom. The van der Waals surface area contributed by atoms with E-state index in [4.69, 9.17) is 18.0 Å². The third-order valence-corrected chi connectivity index (χ3v) is 4.28. The number of rotatable bonds is 3. The average Bonchev–Trinajstić information content (AvgIpc) is 2.41. The number of nitrogens with zero attached hydrogens (tertiary/aromatic N) is 2. The van der Waals surface area contributed by atoms with Gasteiger partial charge in [-0.3, -0.25) is 9.69 Å². The van der Waals surface area contributed by atoms with Gasteiger partial charge in [-0.15, -0.1) is 0 Å². The molecule has 0 radical (unpaired) electrons. The van der Waals surface area contributed by atoms with Crippen LogP contribution in [0.25, 0.3) is 0 Å². The largest absolute Gasteiger partial charge is 0.389 e. The molecule has 4 nitrogen and oxygen atoms in total. The molecule has 0 aromatic heterocycles. The first-order chi connectivity index (χ1) is 9.73. The zero-order chi connectivity index (χ0) is 15.8. The number of carbonyl (C=O) groups excluding carboxylic acids is 1. The second-order valence-corrected chi connectivity index (χ2v) is 6.31. The monoisotopic (exact) mass is 309 g/mol. The summed E-state index contributed by atoms with van der Waals surface area (Å²) >= 11 is 4.99. The third-order valence-electron chi connectivity index (χ3n) is 4.06. The molecule has 6 heteroatoms. The molecule has 1 saturated heterocycles. The summed E-state index contributed by atoms with van der Waals surface area (Å²) in [5.41, 5.74) is 6.45. The summed E-state index contributed by atoms with van der Waals surface area (Å²) in [5, 5.41) is 0. The summed E-state index contributed by atoms with van der Waals surface area (Å²) < 4.78 is 13.4. The minimum absolute atomic E-state index is 0.0766. The topological polar surface area (TPSA) is 49.6 Å². The minimum Gasteiger partial charge on any atom is -0.389 e. The Morgan fingerprint density at radius 2 is 2.10 bits per heavy atom. The highest BCUT2D eigenvalue weighted by molar-refractivity contribution is 7.80. The fourth-order valence-electron chi connectivity index (χ4n) is 2.65. The summed E-state index contributed by atoms with van der Waals surface area (Å²) in [7, 11) is 1.81. The van der Waals surface area contributed by atoms with E-state index < -0.39 is 5.54 Å². The Labute approximate surface area is 129 Å². The van der Waals surface area contributed by atoms with Crippen LogP contribution in [0.5, 0.6) is 0 Å². The molecule has 2 rings (SSSR count). The number of benzene rings is 1. The molecule has 1 aromatic rings. The van der Waals surface area contributed by atoms with E-state index in [0.29, 0.717) is 18.7 Å². The van der Waals surface area contributed by atoms with Gasteiger partial charge >= 0.3 is 0 Å². The number of thiocarbonyl (C=S) groups is 1. The molecule has 0 unspecified atom stereocenters. The van der Waals surface area contributed by atoms with Crippen LogP contribution in [0.4, 0.5) is 4.39 Å². The predicted molar refractivity (Wildman–Crippen MR) is 84.4 cm³/mol. The first kappa shape index (κ1) is 15.9. The molecular formula is C15H20FN3OS. The van der Waals surface area contributed by atoms with Crippen molar-refractivity contribution in [3.8, 4) is 0 Å². The van der Waals surface area contributed by atoms with Crippen LogP contribution in [-0.2, 0) is 11.3 Å². The molecule has 1 amide bonds. The fraction of sp³-hybridized carbons (Fsp3) is 0.467. The maximum absolute atomic E-state index is 13.4. The van der Waals surface area contributed by atoms with Gasteiger partial charge in [0.1, 0.15) is 10.8 Å². The van der Waals surface area contributed by atoms with Gasteiger partial charge in [0.05, 0.1) is 5.54 Å². The molecule has 0 aliphatic carbocycles. The zero-order valence-electron chi connectivity index (χ0n) is 12.5. The summed E-state index contributed by atoms with van der Waals surface area (Å²) in [6, 6.07) is 4.42. The van der Waals surface area contributed by atoms with Gasteiger partial charge < -0.3 is 10.6 Å². The standard InChI is InChI=1S/C15H20FN3OS/c1-15(2)14(20)18(3)6-7-19(15)9-10-4-5-11(16)8-12(10)13(17)21/h4-5,8H,6-7,9H2,1-3H3,(H2,17,21). The van der Waals surface area contributed by atoms with Crippen LogP contribution in [0.1, 0.15) is 25.0 Å². The Balaban J connectivity index is 2.30. The van der Waals surface area contributed by atoms with E-state index in [1.807, 2.05) is 13.8 Å². The lowest BCUT2D eigenvalue weighted by molar-refractivity contribution is -0.147. The van der Waals surface area contributed by atoms with Gasteiger partial charge in [-0.1, -0.05) is 18.3 Å². The summed E-state index contributed by atoms with van der Waals surface area (Å²) in [6.07, 6.45) is 0. The van der Waals surface area contributed by atoms with Gasteiger partial charge in [-0.2, -0.15) is 0 Å². The second kappa shape index (κ2) is 5.69. The molecule has 1 heterocycles. The van der Waals surface area contributed by atoms with E-state index >= 15 is 0 Å². The molecule has 2 N–H and O–H groups in total. The normalized spacial score (nSPS) is 18.9. The van der Waals surface area contributed by atoms with Gasteiger partial charge in [0, 0.05) is 32.2 Å². The Morgan fingerprint density at radius 1 is 1.43 bits per heavy atom. The lowest BCUT2D eigenvalue weighted by atomic mass is 9.96. The van der Waals surface area contributed by atoms with Crippen LogP contribution < -0.4 is 5.73 Å². The Hall–Kier alpha value is -1.53. The van der Waals surface area contributed by atoms with E-state index in [2.05, 4.69) is 4.90 Å². The van der Waals surface area contributed by atoms with Gasteiger partial charge in [-0.05, 0) is 31.5 Å². The van der Waals surface area contributed by atoms with Crippen LogP contribution in [0.15, 0.2) is 18.2 Å². The lowest BCUT2D eigenvalue weighted by Gasteiger charge is -2.45. The first-order valence-corrected chi connectivity index (χ1v) is 7.23. The number of halogens is 1. The number of hydrogen-bond donors (Lipinski definition) is 1. The molecule has 1 aliphatic heterocycles. The number of piperazine rings is 1. The summed E-state index contributed by atoms with van der Waals surface area (Å²) in [4.78, 5) is 16.3. The van der Waals surface area contributed by atoms with E-state index in [1.54, 1.807) is 18.0 Å². The number of hydrogen-bond acceptors (Lipinski definition) is 3. The highest BCUT2D eigenvalue weighted by atomic mass is 32.1. The van der Waals surface area contributed by atoms with Gasteiger partial charge in [0.15, 0.2) is 0 Å². The van der Waals surface area contributed by atoms with Gasteiger partial charge in [-0.25, -0.2) is 4.39 Å². The molecule has 114 valence electrons. The first-order valence-electron chi connectivity index (χ1n) is 6.82. The van der Waals surface area contributed by atoms with Crippen molar-refractivity contribution >= 4 is 23.1 Å². The van der Waals surface area contributed by atoms with Crippen molar-refractivity contribution in [2.45, 2.75) is 25.9 Å². The molecule has 0 atom stereocenters. The van der Waals surface area contributed by atoms with Crippen LogP contribution in [0, 0.1) is 5.82 Å². The molecule has 0 saturated carbocycles. The summed E-state index contributed by atoms with van der Waals surface area (Å²) in [6.45, 7) is 5.73. The highest BCUT2D eigenvalue weighted by Gasteiger charge is 2.40. The van der Waals surface area contributed by atoms with E-state index in [9.17, 15) is 9.18 Å². The molecular weight excluding hydrogens is 289 g/mol. The van der Waals surface area contributed by atoms with Gasteiger partial charge in [0.2, 0.25) is 5.91 Å². The van der Waals surface area contributed by atoms with E-state index in [0.717, 1.165) is 12.1 Å². The maximum Gasteiger partial charge on any atom is 0.242 e. The SMILES string of the molecule is CN1CCN(Cc2ccc(F)cc2C(N)=S)C(C)(C)C1=O. The van der Waals surface area contributed by atoms with Crippen molar-refractivity contribution in [2.24, 2.45) is 5.73 Å². The van der Waals surface area contributed by atoms with Crippen LogP contribution in [0.3, 0.4) is 0 Å². The van der Waals surface area contributed by atoms with Crippen LogP contribution in [-0.4, -0.2) is 46.4 Å². The molecule has 0 spiro atoms. The number of nitrogens with two attached hydrogens (primary N) is 1. The number of likely N-dealkylation sites (N-methyl/N-ethyl adjacent to an activating group) is 1. The van der Waals surface area contributed by atoms with Crippen molar-refractivity contribution < 1.29 is 9.18 Å². The highest BCUT2D eigenvalue weighted by Crippen LogP contribution is 2.25. The maximum atomic E-state index is 13.4. The van der Waals surface area contributed by atoms with E-state index in [-0.39, 0.29) is 16.7 Å². The molecule has 1 aromatic carbocycles. The molecule has 1 aliphatic rings. The van der Waals surface area contributed by atoms with Crippen molar-refractivity contribution in [3.05, 3.63) is 35.1 Å². The minimum atomic E-state index is -0.602. The van der Waals surface area contributed by atoms with E-state index in [1.165, 1.54) is 12.1 Å². The summed E-state index contributed by atoms with van der Waals surface area (Å²) in [5.74, 6) is -0.289. The van der Waals surface area contributed by atoms with Crippen molar-refractivity contribution in [3.63, 3.8) is 0 Å². The fourth-order valence-corrected chi connectivity index (χ4v) is 2.84. The van der Waals surface area contributed by atoms with Crippen molar-refractivity contribution in [2.75, 3.05) is 20.1 Å². The molecule has 0 bridgehead atoms. The zero-order valence-corrected chi connectivity index (χ0v) is 13.3. The smallest absolute Gasteiger partial charge is 0.242 e.